The second kappa shape index (κ2) is 10.2. The van der Waals surface area contributed by atoms with E-state index in [1.807, 2.05) is 25.1 Å². The number of amides is 2. The largest absolute Gasteiger partial charge is 0.335 e. The molecule has 0 radical (unpaired) electrons. The lowest BCUT2D eigenvalue weighted by Crippen LogP contribution is -2.50. The van der Waals surface area contributed by atoms with Crippen LogP contribution in [0.2, 0.25) is 0 Å². The third-order valence-corrected chi connectivity index (χ3v) is 7.98. The molecule has 1 aliphatic heterocycles. The van der Waals surface area contributed by atoms with E-state index in [-0.39, 0.29) is 16.7 Å². The van der Waals surface area contributed by atoms with Crippen molar-refractivity contribution in [2.45, 2.75) is 18.7 Å². The number of aromatic nitrogens is 2. The van der Waals surface area contributed by atoms with E-state index in [1.54, 1.807) is 65.5 Å². The van der Waals surface area contributed by atoms with Crippen molar-refractivity contribution in [1.82, 2.24) is 19.8 Å². The molecular weight excluding hydrogens is 502 g/mol. The molecule has 2 aromatic heterocycles. The average molecular weight is 530 g/mol. The fraction of sp³-hybridized carbons (Fsp3) is 0.214. The Hall–Kier alpha value is -4.31. The topological polar surface area (TPSA) is 113 Å². The number of piperazine rings is 1. The van der Waals surface area contributed by atoms with Crippen molar-refractivity contribution in [2.24, 2.45) is 0 Å². The zero-order valence-electron chi connectivity index (χ0n) is 21.1. The van der Waals surface area contributed by atoms with Crippen molar-refractivity contribution < 1.29 is 18.0 Å². The second-order valence-corrected chi connectivity index (χ2v) is 10.9. The summed E-state index contributed by atoms with van der Waals surface area (Å²) >= 11 is 0. The van der Waals surface area contributed by atoms with Gasteiger partial charge in [0.1, 0.15) is 10.6 Å². The smallest absolute Gasteiger partial charge is 0.272 e. The second-order valence-electron chi connectivity index (χ2n) is 9.27. The van der Waals surface area contributed by atoms with E-state index in [0.29, 0.717) is 54.2 Å². The highest BCUT2D eigenvalue weighted by Gasteiger charge is 2.27. The van der Waals surface area contributed by atoms with Gasteiger partial charge in [0, 0.05) is 49.5 Å². The van der Waals surface area contributed by atoms with Crippen molar-refractivity contribution >= 4 is 38.4 Å². The number of para-hydroxylation sites is 1. The van der Waals surface area contributed by atoms with Gasteiger partial charge in [0.05, 0.1) is 11.2 Å². The Kier molecular flexibility index (Phi) is 6.81. The number of rotatable bonds is 5. The highest BCUT2D eigenvalue weighted by molar-refractivity contribution is 7.93. The Labute approximate surface area is 221 Å². The molecule has 0 aliphatic carbocycles. The first-order valence-corrected chi connectivity index (χ1v) is 13.7. The number of fused-ring (bicyclic) bond motifs is 1. The molecule has 1 fully saturated rings. The van der Waals surface area contributed by atoms with Gasteiger partial charge in [0.25, 0.3) is 21.8 Å². The van der Waals surface area contributed by atoms with Crippen LogP contribution in [0.3, 0.4) is 0 Å². The third kappa shape index (κ3) is 5.08. The van der Waals surface area contributed by atoms with Crippen LogP contribution in [0.15, 0.2) is 78.0 Å². The van der Waals surface area contributed by atoms with Crippen molar-refractivity contribution in [3.8, 4) is 0 Å². The van der Waals surface area contributed by atoms with Crippen molar-refractivity contribution in [3.63, 3.8) is 0 Å². The molecule has 2 amide bonds. The Morgan fingerprint density at radius 2 is 1.55 bits per heavy atom. The predicted molar refractivity (Wildman–Crippen MR) is 145 cm³/mol. The number of hydrogen-bond donors (Lipinski definition) is 1. The lowest BCUT2D eigenvalue weighted by molar-refractivity contribution is 0.0532. The van der Waals surface area contributed by atoms with E-state index in [0.717, 1.165) is 10.9 Å². The molecule has 0 saturated carbocycles. The van der Waals surface area contributed by atoms with Crippen molar-refractivity contribution in [1.29, 1.82) is 0 Å². The number of nitrogens with zero attached hydrogens (tertiary/aromatic N) is 4. The minimum atomic E-state index is -3.91. The summed E-state index contributed by atoms with van der Waals surface area (Å²) in [5.41, 5.74) is 3.22. The number of aryl methyl sites for hydroxylation is 2. The Morgan fingerprint density at radius 3 is 2.24 bits per heavy atom. The molecule has 3 heterocycles. The summed E-state index contributed by atoms with van der Waals surface area (Å²) in [5.74, 6) is -0.313. The zero-order valence-corrected chi connectivity index (χ0v) is 21.9. The number of pyridine rings is 2. The molecule has 0 bridgehead atoms. The van der Waals surface area contributed by atoms with E-state index in [1.165, 1.54) is 6.07 Å². The predicted octanol–water partition coefficient (Wildman–Crippen LogP) is 3.65. The maximum atomic E-state index is 13.2. The first kappa shape index (κ1) is 25.3. The van der Waals surface area contributed by atoms with Crippen molar-refractivity contribution in [3.05, 3.63) is 95.4 Å². The van der Waals surface area contributed by atoms with E-state index in [4.69, 9.17) is 0 Å². The molecule has 0 atom stereocenters. The van der Waals surface area contributed by atoms with Crippen LogP contribution in [0.1, 0.15) is 32.0 Å². The Bertz CT molecular complexity index is 1620. The Balaban J connectivity index is 1.26. The van der Waals surface area contributed by atoms with Gasteiger partial charge in [-0.25, -0.2) is 8.42 Å². The van der Waals surface area contributed by atoms with Gasteiger partial charge >= 0.3 is 0 Å². The van der Waals surface area contributed by atoms with Gasteiger partial charge in [-0.1, -0.05) is 24.3 Å². The molecule has 1 saturated heterocycles. The van der Waals surface area contributed by atoms with Crippen LogP contribution < -0.4 is 4.72 Å². The molecule has 10 heteroatoms. The normalized spacial score (nSPS) is 13.9. The maximum Gasteiger partial charge on any atom is 0.272 e. The first-order chi connectivity index (χ1) is 18.2. The van der Waals surface area contributed by atoms with Crippen LogP contribution in [0.4, 0.5) is 5.69 Å². The maximum absolute atomic E-state index is 13.2. The van der Waals surface area contributed by atoms with E-state index >= 15 is 0 Å². The SMILES string of the molecule is Cc1ccc(C(=O)N2CCN(C(=O)c3ccc(NS(=O)(=O)c4cccc5cccnc45)c(C)c3)CC2)nc1. The van der Waals surface area contributed by atoms with E-state index in [9.17, 15) is 18.0 Å². The summed E-state index contributed by atoms with van der Waals surface area (Å²) in [5, 5.41) is 0.727. The van der Waals surface area contributed by atoms with Gasteiger partial charge < -0.3 is 9.80 Å². The minimum Gasteiger partial charge on any atom is -0.335 e. The minimum absolute atomic E-state index is 0.0865. The summed E-state index contributed by atoms with van der Waals surface area (Å²) in [6, 6.07) is 17.0. The summed E-state index contributed by atoms with van der Waals surface area (Å²) in [4.78, 5) is 37.8. The average Bonchev–Trinajstić information content (AvgIpc) is 2.93. The molecule has 1 aliphatic rings. The van der Waals surface area contributed by atoms with Crippen molar-refractivity contribution in [2.75, 3.05) is 30.9 Å². The Morgan fingerprint density at radius 1 is 0.842 bits per heavy atom. The zero-order chi connectivity index (χ0) is 26.9. The molecule has 9 nitrogen and oxygen atoms in total. The van der Waals surface area contributed by atoms with Gasteiger partial charge in [-0.05, 0) is 61.4 Å². The summed E-state index contributed by atoms with van der Waals surface area (Å²) in [6.07, 6.45) is 3.22. The van der Waals surface area contributed by atoms with Gasteiger partial charge in [-0.2, -0.15) is 0 Å². The number of benzene rings is 2. The van der Waals surface area contributed by atoms with Crippen LogP contribution in [0.5, 0.6) is 0 Å². The van der Waals surface area contributed by atoms with Gasteiger partial charge in [-0.3, -0.25) is 24.3 Å². The van der Waals surface area contributed by atoms with E-state index < -0.39 is 10.0 Å². The van der Waals surface area contributed by atoms with Crippen LogP contribution in [0.25, 0.3) is 10.9 Å². The number of carbonyl (C=O) groups is 2. The molecular formula is C28H27N5O4S. The summed E-state index contributed by atoms with van der Waals surface area (Å²) in [7, 11) is -3.91. The van der Waals surface area contributed by atoms with Crippen LogP contribution in [0, 0.1) is 13.8 Å². The number of anilines is 1. The quantitative estimate of drug-likeness (QED) is 0.422. The number of nitrogens with one attached hydrogen (secondary N) is 1. The van der Waals surface area contributed by atoms with Gasteiger partial charge in [0.15, 0.2) is 0 Å². The molecule has 0 unspecified atom stereocenters. The monoisotopic (exact) mass is 529 g/mol. The fourth-order valence-corrected chi connectivity index (χ4v) is 5.77. The molecule has 0 spiro atoms. The van der Waals surface area contributed by atoms with Crippen LogP contribution in [-0.4, -0.2) is 66.2 Å². The third-order valence-electron chi connectivity index (χ3n) is 6.59. The molecule has 4 aromatic rings. The van der Waals surface area contributed by atoms with Crippen LogP contribution in [-0.2, 0) is 10.0 Å². The highest BCUT2D eigenvalue weighted by atomic mass is 32.2. The number of carbonyl (C=O) groups excluding carboxylic acids is 2. The fourth-order valence-electron chi connectivity index (χ4n) is 4.46. The van der Waals surface area contributed by atoms with Crippen LogP contribution >= 0.6 is 0 Å². The molecule has 2 aromatic carbocycles. The van der Waals surface area contributed by atoms with Gasteiger partial charge in [-0.15, -0.1) is 0 Å². The molecule has 194 valence electrons. The lowest BCUT2D eigenvalue weighted by atomic mass is 10.1. The van der Waals surface area contributed by atoms with Gasteiger partial charge in [0.2, 0.25) is 0 Å². The summed E-state index contributed by atoms with van der Waals surface area (Å²) < 4.78 is 29.0. The van der Waals surface area contributed by atoms with E-state index in [2.05, 4.69) is 14.7 Å². The molecule has 1 N–H and O–H groups in total. The molecule has 38 heavy (non-hydrogen) atoms. The number of sulfonamides is 1. The lowest BCUT2D eigenvalue weighted by Gasteiger charge is -2.34. The molecule has 5 rings (SSSR count). The highest BCUT2D eigenvalue weighted by Crippen LogP contribution is 2.26. The summed E-state index contributed by atoms with van der Waals surface area (Å²) in [6.45, 7) is 5.29. The first-order valence-electron chi connectivity index (χ1n) is 12.2. The number of hydrogen-bond acceptors (Lipinski definition) is 6. The standard InChI is InChI=1S/C28H27N5O4S/c1-19-8-10-24(30-18-19)28(35)33-15-13-32(14-16-33)27(34)22-9-11-23(20(2)17-22)31-38(36,37)25-7-3-5-21-6-4-12-29-26(21)25/h3-12,17-18,31H,13-16H2,1-2H3.